The van der Waals surface area contributed by atoms with E-state index in [0.29, 0.717) is 6.42 Å². The summed E-state index contributed by atoms with van der Waals surface area (Å²) >= 11 is 0. The van der Waals surface area contributed by atoms with Crippen LogP contribution in [0.2, 0.25) is 0 Å². The van der Waals surface area contributed by atoms with E-state index in [0.717, 1.165) is 19.3 Å². The second-order valence-electron chi connectivity index (χ2n) is 5.81. The van der Waals surface area contributed by atoms with Crippen molar-refractivity contribution in [1.82, 2.24) is 0 Å². The highest BCUT2D eigenvalue weighted by atomic mass is 17.0. The van der Waals surface area contributed by atoms with Crippen molar-refractivity contribution in [3.63, 3.8) is 0 Å². The smallest absolute Gasteiger partial charge is 0.295 e. The molecule has 0 fully saturated rings. The largest absolute Gasteiger partial charge is 0.548 e. The van der Waals surface area contributed by atoms with Crippen LogP contribution in [0.15, 0.2) is 0 Å². The number of carbonyl (C=O) groups is 1. The molecule has 0 saturated carbocycles. The van der Waals surface area contributed by atoms with Crippen LogP contribution < -0.4 is 5.11 Å². The van der Waals surface area contributed by atoms with Gasteiger partial charge in [-0.05, 0) is 6.42 Å². The Hall–Kier alpha value is -1.33. The number of hydrogen-bond acceptors (Lipinski definition) is 5. The van der Waals surface area contributed by atoms with Crippen LogP contribution >= 0.6 is 0 Å². The highest BCUT2D eigenvalue weighted by Gasteiger charge is 2.13. The molecular formula is C16H30NO5-. The lowest BCUT2D eigenvalue weighted by Crippen LogP contribution is -2.38. The predicted molar refractivity (Wildman–Crippen MR) is 82.6 cm³/mol. The second kappa shape index (κ2) is 14.6. The molecule has 0 heterocycles. The average molecular weight is 316 g/mol. The molecule has 130 valence electrons. The Bertz CT molecular complexity index is 296. The lowest BCUT2D eigenvalue weighted by Gasteiger charge is -2.15. The molecule has 6 nitrogen and oxygen atoms in total. The van der Waals surface area contributed by atoms with Crippen LogP contribution in [0.1, 0.15) is 90.4 Å². The van der Waals surface area contributed by atoms with Gasteiger partial charge in [0.15, 0.2) is 0 Å². The summed E-state index contributed by atoms with van der Waals surface area (Å²) in [7, 11) is 0. The van der Waals surface area contributed by atoms with Crippen molar-refractivity contribution in [1.29, 1.82) is 0 Å². The normalized spacial score (nSPS) is 12.0. The van der Waals surface area contributed by atoms with Gasteiger partial charge in [-0.3, -0.25) is 0 Å². The molecular weight excluding hydrogens is 286 g/mol. The summed E-state index contributed by atoms with van der Waals surface area (Å²) in [5.74, 6) is -1.51. The molecule has 0 aromatic carbocycles. The van der Waals surface area contributed by atoms with Crippen molar-refractivity contribution < 1.29 is 19.8 Å². The van der Waals surface area contributed by atoms with Gasteiger partial charge in [-0.15, -0.1) is 10.1 Å². The fourth-order valence-electron chi connectivity index (χ4n) is 2.49. The van der Waals surface area contributed by atoms with Crippen LogP contribution in [0.3, 0.4) is 0 Å². The number of carbonyl (C=O) groups excluding carboxylic acids is 1. The summed E-state index contributed by atoms with van der Waals surface area (Å²) in [5.41, 5.74) is 0. The van der Waals surface area contributed by atoms with Crippen LogP contribution in [0.25, 0.3) is 0 Å². The van der Waals surface area contributed by atoms with Gasteiger partial charge in [0.1, 0.15) is 6.10 Å². The van der Waals surface area contributed by atoms with E-state index in [2.05, 4.69) is 11.8 Å². The number of carboxylic acid groups (broad SMARTS) is 1. The summed E-state index contributed by atoms with van der Waals surface area (Å²) in [6, 6.07) is 0. The van der Waals surface area contributed by atoms with Gasteiger partial charge in [0.05, 0.1) is 5.97 Å². The molecule has 0 aromatic heterocycles. The molecule has 6 heteroatoms. The third-order valence-corrected chi connectivity index (χ3v) is 3.80. The number of aliphatic carboxylic acids is 1. The van der Waals surface area contributed by atoms with Gasteiger partial charge in [-0.1, -0.05) is 84.0 Å². The summed E-state index contributed by atoms with van der Waals surface area (Å²) in [6.45, 7) is 2.22. The summed E-state index contributed by atoms with van der Waals surface area (Å²) in [6.07, 6.45) is 12.8. The van der Waals surface area contributed by atoms with Crippen molar-refractivity contribution in [2.24, 2.45) is 0 Å². The van der Waals surface area contributed by atoms with Gasteiger partial charge >= 0.3 is 0 Å². The van der Waals surface area contributed by atoms with Crippen LogP contribution in [-0.2, 0) is 9.63 Å². The Kier molecular flexibility index (Phi) is 13.7. The van der Waals surface area contributed by atoms with Gasteiger partial charge < -0.3 is 14.7 Å². The minimum absolute atomic E-state index is 0.140. The third-order valence-electron chi connectivity index (χ3n) is 3.80. The van der Waals surface area contributed by atoms with E-state index >= 15 is 0 Å². The molecule has 0 amide bonds. The minimum Gasteiger partial charge on any atom is -0.548 e. The monoisotopic (exact) mass is 316 g/mol. The number of carboxylic acids is 1. The Balaban J connectivity index is 3.35. The molecule has 0 aliphatic carbocycles. The molecule has 0 aromatic rings. The van der Waals surface area contributed by atoms with Crippen molar-refractivity contribution in [2.45, 2.75) is 96.5 Å². The highest BCUT2D eigenvalue weighted by Crippen LogP contribution is 2.13. The first-order valence-corrected chi connectivity index (χ1v) is 8.60. The van der Waals surface area contributed by atoms with E-state index in [1.54, 1.807) is 0 Å². The first-order valence-electron chi connectivity index (χ1n) is 8.60. The first-order chi connectivity index (χ1) is 10.6. The van der Waals surface area contributed by atoms with Crippen LogP contribution in [0, 0.1) is 10.1 Å². The zero-order chi connectivity index (χ0) is 16.6. The molecule has 0 saturated heterocycles. The summed E-state index contributed by atoms with van der Waals surface area (Å²) in [4.78, 5) is 24.8. The maximum atomic E-state index is 10.6. The van der Waals surface area contributed by atoms with Crippen molar-refractivity contribution >= 4 is 5.97 Å². The lowest BCUT2D eigenvalue weighted by molar-refractivity contribution is -0.766. The molecule has 0 aliphatic rings. The molecule has 0 radical (unpaired) electrons. The standard InChI is InChI=1S/C16H31NO5/c1-2-3-4-5-6-7-8-9-10-11-12-13-14-15(16(18)19)22-17(20)21/h15H,2-14H2,1H3,(H,18,19)/p-1. The third kappa shape index (κ3) is 13.6. The van der Waals surface area contributed by atoms with E-state index in [4.69, 9.17) is 0 Å². The van der Waals surface area contributed by atoms with Crippen molar-refractivity contribution in [3.8, 4) is 0 Å². The Morgan fingerprint density at radius 1 is 0.909 bits per heavy atom. The number of hydrogen-bond donors (Lipinski definition) is 0. The maximum absolute atomic E-state index is 10.6. The van der Waals surface area contributed by atoms with Crippen LogP contribution in [0.5, 0.6) is 0 Å². The molecule has 0 spiro atoms. The Morgan fingerprint density at radius 2 is 1.32 bits per heavy atom. The zero-order valence-corrected chi connectivity index (χ0v) is 13.8. The molecule has 1 atom stereocenters. The van der Waals surface area contributed by atoms with E-state index in [1.807, 2.05) is 0 Å². The van der Waals surface area contributed by atoms with E-state index in [9.17, 15) is 20.0 Å². The predicted octanol–water partition coefficient (Wildman–Crippen LogP) is 3.40. The molecule has 1 unspecified atom stereocenters. The van der Waals surface area contributed by atoms with E-state index in [-0.39, 0.29) is 6.42 Å². The highest BCUT2D eigenvalue weighted by molar-refractivity contribution is 5.69. The van der Waals surface area contributed by atoms with E-state index in [1.165, 1.54) is 51.4 Å². The fourth-order valence-corrected chi connectivity index (χ4v) is 2.49. The molecule has 0 rings (SSSR count). The van der Waals surface area contributed by atoms with Gasteiger partial charge in [0.25, 0.3) is 5.09 Å². The first kappa shape index (κ1) is 20.7. The topological polar surface area (TPSA) is 92.5 Å². The minimum atomic E-state index is -1.51. The van der Waals surface area contributed by atoms with Gasteiger partial charge in [-0.2, -0.15) is 0 Å². The van der Waals surface area contributed by atoms with Crippen molar-refractivity contribution in [2.75, 3.05) is 0 Å². The molecule has 22 heavy (non-hydrogen) atoms. The molecule has 0 bridgehead atoms. The lowest BCUT2D eigenvalue weighted by atomic mass is 10.0. The maximum Gasteiger partial charge on any atom is 0.295 e. The quantitative estimate of drug-likeness (QED) is 0.247. The Labute approximate surface area is 133 Å². The summed E-state index contributed by atoms with van der Waals surface area (Å²) in [5, 5.41) is 19.7. The SMILES string of the molecule is CCCCCCCCCCCCCCC(O[N+](=O)[O-])C(=O)[O-]. The van der Waals surface area contributed by atoms with Crippen molar-refractivity contribution in [3.05, 3.63) is 10.1 Å². The molecule has 0 aliphatic heterocycles. The van der Waals surface area contributed by atoms with Crippen LogP contribution in [-0.4, -0.2) is 17.2 Å². The number of nitrogens with zero attached hydrogens (tertiary/aromatic N) is 1. The second-order valence-corrected chi connectivity index (χ2v) is 5.81. The van der Waals surface area contributed by atoms with Gasteiger partial charge in [0.2, 0.25) is 0 Å². The molecule has 0 N–H and O–H groups in total. The van der Waals surface area contributed by atoms with E-state index < -0.39 is 17.2 Å². The average Bonchev–Trinajstić information content (AvgIpc) is 2.46. The van der Waals surface area contributed by atoms with Gasteiger partial charge in [-0.25, -0.2) is 0 Å². The summed E-state index contributed by atoms with van der Waals surface area (Å²) < 4.78 is 0. The zero-order valence-electron chi connectivity index (χ0n) is 13.8. The van der Waals surface area contributed by atoms with Gasteiger partial charge in [0, 0.05) is 0 Å². The number of unbranched alkanes of at least 4 members (excludes halogenated alkanes) is 11. The Morgan fingerprint density at radius 3 is 1.68 bits per heavy atom. The fraction of sp³-hybridized carbons (Fsp3) is 0.938. The number of rotatable bonds is 16. The van der Waals surface area contributed by atoms with Crippen LogP contribution in [0.4, 0.5) is 0 Å².